The van der Waals surface area contributed by atoms with Crippen molar-refractivity contribution in [1.82, 2.24) is 0 Å². The van der Waals surface area contributed by atoms with Gasteiger partial charge in [0.15, 0.2) is 0 Å². The summed E-state index contributed by atoms with van der Waals surface area (Å²) in [6.07, 6.45) is 4.01. The van der Waals surface area contributed by atoms with Crippen molar-refractivity contribution >= 4 is 5.97 Å². The van der Waals surface area contributed by atoms with Gasteiger partial charge < -0.3 is 15.9 Å². The van der Waals surface area contributed by atoms with Crippen LogP contribution in [0.2, 0.25) is 0 Å². The molecule has 0 saturated carbocycles. The van der Waals surface area contributed by atoms with Gasteiger partial charge in [-0.15, -0.1) is 13.2 Å². The van der Waals surface area contributed by atoms with Gasteiger partial charge >= 0.3 is 5.97 Å². The fourth-order valence-corrected chi connectivity index (χ4v) is 1.43. The van der Waals surface area contributed by atoms with E-state index in [1.54, 1.807) is 12.2 Å². The van der Waals surface area contributed by atoms with Gasteiger partial charge in [-0.1, -0.05) is 12.2 Å². The molecule has 0 aromatic heterocycles. The normalized spacial score (nSPS) is 13.2. The van der Waals surface area contributed by atoms with E-state index in [1.807, 2.05) is 0 Å². The van der Waals surface area contributed by atoms with Gasteiger partial charge in [-0.3, -0.25) is 4.79 Å². The molecule has 0 radical (unpaired) electrons. The summed E-state index contributed by atoms with van der Waals surface area (Å²) in [5.41, 5.74) is 4.64. The zero-order valence-electron chi connectivity index (χ0n) is 8.85. The second-order valence-corrected chi connectivity index (χ2v) is 3.63. The number of carbonyl (C=O) groups is 1. The molecule has 0 fully saturated rings. The zero-order valence-corrected chi connectivity index (χ0v) is 8.85. The summed E-state index contributed by atoms with van der Waals surface area (Å²) in [5, 5.41) is 18.6. The highest BCUT2D eigenvalue weighted by Crippen LogP contribution is 2.22. The summed E-state index contributed by atoms with van der Waals surface area (Å²) in [7, 11) is 0. The van der Waals surface area contributed by atoms with E-state index in [0.717, 1.165) is 0 Å². The lowest BCUT2D eigenvalue weighted by Crippen LogP contribution is -2.47. The highest BCUT2D eigenvalue weighted by Gasteiger charge is 2.31. The molecule has 0 aromatic carbocycles. The second-order valence-electron chi connectivity index (χ2n) is 3.63. The van der Waals surface area contributed by atoms with E-state index in [-0.39, 0.29) is 12.8 Å². The van der Waals surface area contributed by atoms with E-state index < -0.39 is 17.6 Å². The molecule has 0 aliphatic carbocycles. The average Bonchev–Trinajstić information content (AvgIpc) is 2.14. The van der Waals surface area contributed by atoms with Crippen LogP contribution in [0.25, 0.3) is 0 Å². The SMILES string of the molecule is C=CCC(O)(CC=C)C(N)CCC(=O)O. The first-order chi connectivity index (χ1) is 6.96. The Kier molecular flexibility index (Phi) is 5.89. The van der Waals surface area contributed by atoms with E-state index in [0.29, 0.717) is 12.8 Å². The molecule has 1 atom stereocenters. The fraction of sp³-hybridized carbons (Fsp3) is 0.545. The lowest BCUT2D eigenvalue weighted by Gasteiger charge is -2.32. The van der Waals surface area contributed by atoms with Gasteiger partial charge in [0.2, 0.25) is 0 Å². The van der Waals surface area contributed by atoms with Gasteiger partial charge in [-0.05, 0) is 19.3 Å². The first-order valence-electron chi connectivity index (χ1n) is 4.88. The van der Waals surface area contributed by atoms with Crippen molar-refractivity contribution in [2.24, 2.45) is 5.73 Å². The van der Waals surface area contributed by atoms with Gasteiger partial charge in [0, 0.05) is 12.5 Å². The molecule has 0 saturated heterocycles. The lowest BCUT2D eigenvalue weighted by molar-refractivity contribution is -0.137. The molecular formula is C11H19NO3. The molecule has 0 spiro atoms. The highest BCUT2D eigenvalue weighted by molar-refractivity contribution is 5.66. The molecule has 15 heavy (non-hydrogen) atoms. The van der Waals surface area contributed by atoms with E-state index >= 15 is 0 Å². The van der Waals surface area contributed by atoms with Gasteiger partial charge in [-0.25, -0.2) is 0 Å². The molecular weight excluding hydrogens is 194 g/mol. The van der Waals surface area contributed by atoms with Crippen LogP contribution in [0.1, 0.15) is 25.7 Å². The van der Waals surface area contributed by atoms with Crippen LogP contribution in [0.15, 0.2) is 25.3 Å². The number of carboxylic acid groups (broad SMARTS) is 1. The van der Waals surface area contributed by atoms with Gasteiger partial charge in [-0.2, -0.15) is 0 Å². The Labute approximate surface area is 90.1 Å². The zero-order chi connectivity index (χ0) is 11.9. The van der Waals surface area contributed by atoms with Crippen molar-refractivity contribution in [3.05, 3.63) is 25.3 Å². The molecule has 0 amide bonds. The predicted octanol–water partition coefficient (Wildman–Crippen LogP) is 1.06. The number of aliphatic hydroxyl groups is 1. The van der Waals surface area contributed by atoms with E-state index in [2.05, 4.69) is 13.2 Å². The minimum absolute atomic E-state index is 0.0439. The maximum Gasteiger partial charge on any atom is 0.303 e. The molecule has 0 bridgehead atoms. The smallest absolute Gasteiger partial charge is 0.303 e. The molecule has 0 rings (SSSR count). The Morgan fingerprint density at radius 1 is 1.40 bits per heavy atom. The predicted molar refractivity (Wildman–Crippen MR) is 59.4 cm³/mol. The second kappa shape index (κ2) is 6.37. The molecule has 4 heteroatoms. The molecule has 4 N–H and O–H groups in total. The number of hydrogen-bond acceptors (Lipinski definition) is 3. The Bertz CT molecular complexity index is 228. The Morgan fingerprint density at radius 3 is 2.20 bits per heavy atom. The number of hydrogen-bond donors (Lipinski definition) is 3. The largest absolute Gasteiger partial charge is 0.481 e. The standard InChI is InChI=1S/C11H19NO3/c1-3-7-11(15,8-4-2)9(12)5-6-10(13)14/h3-4,9,15H,1-2,5-8,12H2,(H,13,14). The van der Waals surface area contributed by atoms with Crippen LogP contribution in [0.3, 0.4) is 0 Å². The van der Waals surface area contributed by atoms with Crippen LogP contribution in [0.5, 0.6) is 0 Å². The van der Waals surface area contributed by atoms with E-state index in [4.69, 9.17) is 10.8 Å². The molecule has 4 nitrogen and oxygen atoms in total. The quantitative estimate of drug-likeness (QED) is 0.526. The van der Waals surface area contributed by atoms with Crippen molar-refractivity contribution in [2.45, 2.75) is 37.3 Å². The third kappa shape index (κ3) is 4.76. The summed E-state index contributed by atoms with van der Waals surface area (Å²) in [6, 6.07) is -0.579. The van der Waals surface area contributed by atoms with Crippen LogP contribution in [0.4, 0.5) is 0 Å². The molecule has 0 aliphatic heterocycles. The van der Waals surface area contributed by atoms with Crippen molar-refractivity contribution in [1.29, 1.82) is 0 Å². The summed E-state index contributed by atoms with van der Waals surface area (Å²) in [5.74, 6) is -0.912. The minimum atomic E-state index is -1.13. The summed E-state index contributed by atoms with van der Waals surface area (Å²) < 4.78 is 0. The maximum absolute atomic E-state index is 10.4. The Balaban J connectivity index is 4.38. The number of nitrogens with two attached hydrogens (primary N) is 1. The van der Waals surface area contributed by atoms with Gasteiger partial charge in [0.1, 0.15) is 0 Å². The van der Waals surface area contributed by atoms with Crippen LogP contribution in [-0.4, -0.2) is 27.8 Å². The van der Waals surface area contributed by atoms with Crippen molar-refractivity contribution in [2.75, 3.05) is 0 Å². The lowest BCUT2D eigenvalue weighted by atomic mass is 9.85. The summed E-state index contributed by atoms with van der Waals surface area (Å²) in [4.78, 5) is 10.4. The topological polar surface area (TPSA) is 83.5 Å². The monoisotopic (exact) mass is 213 g/mol. The number of carboxylic acids is 1. The Morgan fingerprint density at radius 2 is 1.87 bits per heavy atom. The van der Waals surface area contributed by atoms with E-state index in [9.17, 15) is 9.90 Å². The van der Waals surface area contributed by atoms with Gasteiger partial charge in [0.25, 0.3) is 0 Å². The van der Waals surface area contributed by atoms with Crippen molar-refractivity contribution in [3.63, 3.8) is 0 Å². The van der Waals surface area contributed by atoms with Crippen molar-refractivity contribution in [3.8, 4) is 0 Å². The van der Waals surface area contributed by atoms with Crippen LogP contribution in [0, 0.1) is 0 Å². The molecule has 86 valence electrons. The summed E-state index contributed by atoms with van der Waals surface area (Å²) in [6.45, 7) is 7.08. The maximum atomic E-state index is 10.4. The first kappa shape index (κ1) is 13.9. The first-order valence-corrected chi connectivity index (χ1v) is 4.88. The summed E-state index contributed by atoms with van der Waals surface area (Å²) >= 11 is 0. The van der Waals surface area contributed by atoms with Crippen molar-refractivity contribution < 1.29 is 15.0 Å². The molecule has 0 aromatic rings. The van der Waals surface area contributed by atoms with Gasteiger partial charge in [0.05, 0.1) is 5.60 Å². The third-order valence-electron chi connectivity index (χ3n) is 2.36. The number of rotatable bonds is 8. The minimum Gasteiger partial charge on any atom is -0.481 e. The average molecular weight is 213 g/mol. The van der Waals surface area contributed by atoms with Crippen LogP contribution >= 0.6 is 0 Å². The van der Waals surface area contributed by atoms with E-state index in [1.165, 1.54) is 0 Å². The molecule has 0 aliphatic rings. The third-order valence-corrected chi connectivity index (χ3v) is 2.36. The molecule has 0 heterocycles. The highest BCUT2D eigenvalue weighted by atomic mass is 16.4. The number of aliphatic carboxylic acids is 1. The van der Waals surface area contributed by atoms with Crippen LogP contribution < -0.4 is 5.73 Å². The Hall–Kier alpha value is -1.13. The molecule has 1 unspecified atom stereocenters. The fourth-order valence-electron chi connectivity index (χ4n) is 1.43. The van der Waals surface area contributed by atoms with Crippen LogP contribution in [-0.2, 0) is 4.79 Å².